The van der Waals surface area contributed by atoms with Crippen molar-refractivity contribution in [3.63, 3.8) is 0 Å². The lowest BCUT2D eigenvalue weighted by Crippen LogP contribution is -1.78. The van der Waals surface area contributed by atoms with Crippen LogP contribution >= 0.6 is 0 Å². The van der Waals surface area contributed by atoms with E-state index >= 15 is 0 Å². The van der Waals surface area contributed by atoms with E-state index in [1.54, 1.807) is 12.1 Å². The van der Waals surface area contributed by atoms with E-state index in [0.717, 1.165) is 6.29 Å². The van der Waals surface area contributed by atoms with Crippen molar-refractivity contribution in [3.8, 4) is 0 Å². The van der Waals surface area contributed by atoms with Crippen molar-refractivity contribution >= 4 is 17.3 Å². The van der Waals surface area contributed by atoms with E-state index in [0.29, 0.717) is 16.7 Å². The molecule has 0 amide bonds. The molecule has 0 aliphatic rings. The second kappa shape index (κ2) is 3.01. The Balaban J connectivity index is 2.55. The smallest absolute Gasteiger partial charge is 0.134 e. The summed E-state index contributed by atoms with van der Waals surface area (Å²) in [4.78, 5) is 10.2. The van der Waals surface area contributed by atoms with Crippen molar-refractivity contribution in [1.82, 2.24) is 0 Å². The maximum atomic E-state index is 12.7. The summed E-state index contributed by atoms with van der Waals surface area (Å²) in [5.41, 5.74) is 0.609. The Hall–Kier alpha value is -1.64. The van der Waals surface area contributed by atoms with E-state index in [-0.39, 0.29) is 12.2 Å². The van der Waals surface area contributed by atoms with Gasteiger partial charge in [0.15, 0.2) is 0 Å². The lowest BCUT2D eigenvalue weighted by Gasteiger charge is -1.86. The average molecular weight is 178 g/mol. The van der Waals surface area contributed by atoms with Gasteiger partial charge in [0, 0.05) is 5.39 Å². The second-order valence-corrected chi connectivity index (χ2v) is 2.77. The van der Waals surface area contributed by atoms with E-state index < -0.39 is 0 Å². The molecule has 66 valence electrons. The molecule has 3 heteroatoms. The molecule has 1 aromatic heterocycles. The van der Waals surface area contributed by atoms with Crippen molar-refractivity contribution < 1.29 is 13.6 Å². The normalized spacial score (nSPS) is 10.5. The van der Waals surface area contributed by atoms with Crippen molar-refractivity contribution in [2.24, 2.45) is 0 Å². The van der Waals surface area contributed by atoms with Crippen LogP contribution in [0.2, 0.25) is 0 Å². The van der Waals surface area contributed by atoms with Gasteiger partial charge in [0.25, 0.3) is 0 Å². The molecule has 0 saturated heterocycles. The molecule has 13 heavy (non-hydrogen) atoms. The minimum atomic E-state index is -0.300. The van der Waals surface area contributed by atoms with Crippen LogP contribution in [-0.2, 0) is 11.2 Å². The standard InChI is InChI=1S/C10H7FO2/c11-8-1-2-10-7(5-8)6-9(13-10)3-4-12/h1-2,4-6H,3H2. The molecule has 0 bridgehead atoms. The first-order valence-corrected chi connectivity index (χ1v) is 3.91. The zero-order valence-corrected chi connectivity index (χ0v) is 6.79. The molecule has 0 spiro atoms. The van der Waals surface area contributed by atoms with Crippen molar-refractivity contribution in [3.05, 3.63) is 35.8 Å². The molecule has 2 rings (SSSR count). The Bertz CT molecular complexity index is 445. The summed E-state index contributed by atoms with van der Waals surface area (Å²) in [6.07, 6.45) is 0.990. The van der Waals surface area contributed by atoms with E-state index in [1.165, 1.54) is 12.1 Å². The summed E-state index contributed by atoms with van der Waals surface area (Å²) in [5, 5.41) is 0.692. The Labute approximate surface area is 74.0 Å². The van der Waals surface area contributed by atoms with Gasteiger partial charge in [-0.3, -0.25) is 0 Å². The zero-order chi connectivity index (χ0) is 9.26. The third-order valence-corrected chi connectivity index (χ3v) is 1.81. The number of carbonyl (C=O) groups is 1. The first-order valence-electron chi connectivity index (χ1n) is 3.91. The maximum absolute atomic E-state index is 12.7. The lowest BCUT2D eigenvalue weighted by molar-refractivity contribution is -0.107. The molecule has 0 radical (unpaired) electrons. The van der Waals surface area contributed by atoms with Crippen molar-refractivity contribution in [2.45, 2.75) is 6.42 Å². The largest absolute Gasteiger partial charge is 0.461 e. The number of benzene rings is 1. The zero-order valence-electron chi connectivity index (χ0n) is 6.79. The molecule has 1 heterocycles. The van der Waals surface area contributed by atoms with Gasteiger partial charge in [0.2, 0.25) is 0 Å². The molecule has 0 unspecified atom stereocenters. The minimum Gasteiger partial charge on any atom is -0.461 e. The predicted octanol–water partition coefficient (Wildman–Crippen LogP) is 2.31. The van der Waals surface area contributed by atoms with Crippen LogP contribution in [0.25, 0.3) is 11.0 Å². The number of carbonyl (C=O) groups excluding carboxylic acids is 1. The third kappa shape index (κ3) is 1.45. The number of furan rings is 1. The van der Waals surface area contributed by atoms with E-state index in [2.05, 4.69) is 0 Å². The minimum absolute atomic E-state index is 0.232. The fourth-order valence-corrected chi connectivity index (χ4v) is 1.25. The summed E-state index contributed by atoms with van der Waals surface area (Å²) in [5.74, 6) is 0.265. The highest BCUT2D eigenvalue weighted by atomic mass is 19.1. The number of halogens is 1. The first-order chi connectivity index (χ1) is 6.29. The van der Waals surface area contributed by atoms with E-state index in [1.807, 2.05) is 0 Å². The van der Waals surface area contributed by atoms with Crippen LogP contribution in [0.5, 0.6) is 0 Å². The maximum Gasteiger partial charge on any atom is 0.134 e. The summed E-state index contributed by atoms with van der Waals surface area (Å²) in [7, 11) is 0. The van der Waals surface area contributed by atoms with Gasteiger partial charge in [-0.25, -0.2) is 4.39 Å². The Kier molecular flexibility index (Phi) is 1.85. The Morgan fingerprint density at radius 1 is 1.38 bits per heavy atom. The summed E-state index contributed by atoms with van der Waals surface area (Å²) < 4.78 is 18.0. The molecule has 0 atom stereocenters. The predicted molar refractivity (Wildman–Crippen MR) is 45.9 cm³/mol. The van der Waals surface area contributed by atoms with Gasteiger partial charge in [-0.15, -0.1) is 0 Å². The fourth-order valence-electron chi connectivity index (χ4n) is 1.25. The van der Waals surface area contributed by atoms with Crippen LogP contribution in [0.15, 0.2) is 28.7 Å². The average Bonchev–Trinajstić information content (AvgIpc) is 2.46. The molecule has 0 aliphatic carbocycles. The van der Waals surface area contributed by atoms with Crippen LogP contribution < -0.4 is 0 Å². The van der Waals surface area contributed by atoms with Gasteiger partial charge in [-0.05, 0) is 24.3 Å². The van der Waals surface area contributed by atoms with Crippen LogP contribution in [0, 0.1) is 5.82 Å². The van der Waals surface area contributed by atoms with Crippen LogP contribution in [0.4, 0.5) is 4.39 Å². The lowest BCUT2D eigenvalue weighted by atomic mass is 10.2. The van der Waals surface area contributed by atoms with E-state index in [9.17, 15) is 9.18 Å². The summed E-state index contributed by atoms with van der Waals surface area (Å²) in [6, 6.07) is 5.94. The van der Waals surface area contributed by atoms with Crippen molar-refractivity contribution in [1.29, 1.82) is 0 Å². The Morgan fingerprint density at radius 2 is 2.23 bits per heavy atom. The van der Waals surface area contributed by atoms with Gasteiger partial charge in [0.05, 0.1) is 6.42 Å². The molecule has 0 N–H and O–H groups in total. The van der Waals surface area contributed by atoms with Crippen LogP contribution in [-0.4, -0.2) is 6.29 Å². The number of hydrogen-bond acceptors (Lipinski definition) is 2. The van der Waals surface area contributed by atoms with Crippen molar-refractivity contribution in [2.75, 3.05) is 0 Å². The second-order valence-electron chi connectivity index (χ2n) is 2.77. The number of fused-ring (bicyclic) bond motifs is 1. The molecule has 0 fully saturated rings. The topological polar surface area (TPSA) is 30.2 Å². The van der Waals surface area contributed by atoms with Gasteiger partial charge < -0.3 is 9.21 Å². The number of hydrogen-bond donors (Lipinski definition) is 0. The number of rotatable bonds is 2. The highest BCUT2D eigenvalue weighted by molar-refractivity contribution is 5.78. The molecule has 2 nitrogen and oxygen atoms in total. The van der Waals surface area contributed by atoms with Gasteiger partial charge in [0.1, 0.15) is 23.4 Å². The molecular formula is C10H7FO2. The summed E-state index contributed by atoms with van der Waals surface area (Å²) >= 11 is 0. The van der Waals surface area contributed by atoms with Crippen LogP contribution in [0.1, 0.15) is 5.76 Å². The van der Waals surface area contributed by atoms with Gasteiger partial charge >= 0.3 is 0 Å². The fraction of sp³-hybridized carbons (Fsp3) is 0.100. The molecule has 2 aromatic rings. The molecular weight excluding hydrogens is 171 g/mol. The third-order valence-electron chi connectivity index (χ3n) is 1.81. The molecule has 1 aromatic carbocycles. The van der Waals surface area contributed by atoms with E-state index in [4.69, 9.17) is 4.42 Å². The van der Waals surface area contributed by atoms with Gasteiger partial charge in [-0.1, -0.05) is 0 Å². The number of aldehydes is 1. The first kappa shape index (κ1) is 7.98. The highest BCUT2D eigenvalue weighted by Crippen LogP contribution is 2.20. The monoisotopic (exact) mass is 178 g/mol. The Morgan fingerprint density at radius 3 is 3.00 bits per heavy atom. The summed E-state index contributed by atoms with van der Waals surface area (Å²) in [6.45, 7) is 0. The quantitative estimate of drug-likeness (QED) is 0.660. The highest BCUT2D eigenvalue weighted by Gasteiger charge is 2.03. The van der Waals surface area contributed by atoms with Crippen LogP contribution in [0.3, 0.4) is 0 Å². The SMILES string of the molecule is O=CCc1cc2cc(F)ccc2o1. The molecule has 0 aliphatic heterocycles. The molecule has 0 saturated carbocycles. The van der Waals surface area contributed by atoms with Gasteiger partial charge in [-0.2, -0.15) is 0 Å².